The molecule has 170 valence electrons. The molecule has 32 heavy (non-hydrogen) atoms. The molecule has 2 N–H and O–H groups in total. The van der Waals surface area contributed by atoms with Crippen molar-refractivity contribution in [2.45, 2.75) is 57.3 Å². The Hall–Kier alpha value is -3.36. The maximum atomic E-state index is 13.1. The average Bonchev–Trinajstić information content (AvgIpc) is 3.46. The summed E-state index contributed by atoms with van der Waals surface area (Å²) in [5.41, 5.74) is 0.286. The quantitative estimate of drug-likeness (QED) is 0.713. The van der Waals surface area contributed by atoms with Gasteiger partial charge in [0, 0.05) is 25.7 Å². The lowest BCUT2D eigenvalue weighted by Gasteiger charge is -2.41. The Bertz CT molecular complexity index is 1030. The highest BCUT2D eigenvalue weighted by atomic mass is 16.5. The molecule has 1 atom stereocenters. The summed E-state index contributed by atoms with van der Waals surface area (Å²) in [5, 5.41) is 10.2. The van der Waals surface area contributed by atoms with Crippen LogP contribution in [-0.2, 0) is 17.9 Å². The standard InChI is InChI=1S/C23H29N5O4/c1-23(22(31)25-16-6-4-5-7-16)14-28-19(21(30)27(23)2)12-18(26-28)20(29)24-13-15-8-10-17(32-3)11-9-15/h8-12,16H,4-7,13-14H2,1-3H3,(H,24,29)(H,25,31)/t23-/m0/s1. The summed E-state index contributed by atoms with van der Waals surface area (Å²) in [7, 11) is 3.22. The molecular weight excluding hydrogens is 410 g/mol. The Kier molecular flexibility index (Phi) is 5.90. The highest BCUT2D eigenvalue weighted by Gasteiger charge is 2.46. The summed E-state index contributed by atoms with van der Waals surface area (Å²) in [6.07, 6.45) is 4.14. The first kappa shape index (κ1) is 21.9. The van der Waals surface area contributed by atoms with Crippen LogP contribution in [0.3, 0.4) is 0 Å². The van der Waals surface area contributed by atoms with Crippen LogP contribution in [0.5, 0.6) is 5.75 Å². The number of benzene rings is 1. The van der Waals surface area contributed by atoms with E-state index < -0.39 is 5.54 Å². The summed E-state index contributed by atoms with van der Waals surface area (Å²) >= 11 is 0. The number of hydrogen-bond donors (Lipinski definition) is 2. The molecular formula is C23H29N5O4. The summed E-state index contributed by atoms with van der Waals surface area (Å²) in [6, 6.07) is 9.01. The minimum absolute atomic E-state index is 0.149. The fourth-order valence-electron chi connectivity index (χ4n) is 4.27. The Morgan fingerprint density at radius 1 is 1.22 bits per heavy atom. The molecule has 3 amide bonds. The van der Waals surface area contributed by atoms with E-state index in [9.17, 15) is 14.4 Å². The smallest absolute Gasteiger partial charge is 0.272 e. The number of carbonyl (C=O) groups excluding carboxylic acids is 3. The van der Waals surface area contributed by atoms with Crippen LogP contribution in [-0.4, -0.2) is 58.1 Å². The first-order valence-electron chi connectivity index (χ1n) is 10.9. The minimum Gasteiger partial charge on any atom is -0.497 e. The number of ether oxygens (including phenoxy) is 1. The molecule has 0 spiro atoms. The van der Waals surface area contributed by atoms with Crippen LogP contribution in [0.25, 0.3) is 0 Å². The average molecular weight is 440 g/mol. The zero-order chi connectivity index (χ0) is 22.9. The maximum Gasteiger partial charge on any atom is 0.272 e. The van der Waals surface area contributed by atoms with E-state index in [0.29, 0.717) is 12.2 Å². The number of aromatic nitrogens is 2. The van der Waals surface area contributed by atoms with Crippen molar-refractivity contribution < 1.29 is 19.1 Å². The molecule has 1 fully saturated rings. The van der Waals surface area contributed by atoms with E-state index >= 15 is 0 Å². The van der Waals surface area contributed by atoms with Gasteiger partial charge in [-0.3, -0.25) is 19.1 Å². The van der Waals surface area contributed by atoms with Crippen LogP contribution >= 0.6 is 0 Å². The van der Waals surface area contributed by atoms with Gasteiger partial charge in [-0.1, -0.05) is 25.0 Å². The van der Waals surface area contributed by atoms with Crippen LogP contribution in [0.15, 0.2) is 30.3 Å². The number of methoxy groups -OCH3 is 1. The monoisotopic (exact) mass is 439 g/mol. The maximum absolute atomic E-state index is 13.1. The van der Waals surface area contributed by atoms with Crippen molar-refractivity contribution in [2.75, 3.05) is 14.2 Å². The summed E-state index contributed by atoms with van der Waals surface area (Å²) in [4.78, 5) is 40.2. The number of nitrogens with one attached hydrogen (secondary N) is 2. The van der Waals surface area contributed by atoms with Gasteiger partial charge in [0.05, 0.1) is 13.7 Å². The molecule has 2 aromatic rings. The molecule has 2 aliphatic rings. The molecule has 0 unspecified atom stereocenters. The summed E-state index contributed by atoms with van der Waals surface area (Å²) in [5.74, 6) is -0.159. The SMILES string of the molecule is COc1ccc(CNC(=O)c2cc3n(n2)C[C@@](C)(C(=O)NC2CCCC2)N(C)C3=O)cc1. The van der Waals surface area contributed by atoms with E-state index in [2.05, 4.69) is 15.7 Å². The first-order valence-corrected chi connectivity index (χ1v) is 10.9. The molecule has 4 rings (SSSR count). The van der Waals surface area contributed by atoms with Gasteiger partial charge in [0.15, 0.2) is 5.69 Å². The van der Waals surface area contributed by atoms with Crippen LogP contribution < -0.4 is 15.4 Å². The van der Waals surface area contributed by atoms with Crippen LogP contribution in [0.2, 0.25) is 0 Å². The molecule has 1 aliphatic carbocycles. The number of nitrogens with zero attached hydrogens (tertiary/aromatic N) is 3. The second kappa shape index (κ2) is 8.64. The number of hydrogen-bond acceptors (Lipinski definition) is 5. The molecule has 0 saturated heterocycles. The number of amides is 3. The second-order valence-corrected chi connectivity index (χ2v) is 8.70. The Balaban J connectivity index is 1.46. The predicted molar refractivity (Wildman–Crippen MR) is 117 cm³/mol. The predicted octanol–water partition coefficient (Wildman–Crippen LogP) is 1.72. The summed E-state index contributed by atoms with van der Waals surface area (Å²) < 4.78 is 6.61. The van der Waals surface area contributed by atoms with Gasteiger partial charge >= 0.3 is 0 Å². The molecule has 1 aromatic heterocycles. The van der Waals surface area contributed by atoms with Gasteiger partial charge in [-0.15, -0.1) is 0 Å². The zero-order valence-electron chi connectivity index (χ0n) is 18.7. The topological polar surface area (TPSA) is 106 Å². The number of likely N-dealkylation sites (N-methyl/N-ethyl adjacent to an activating group) is 1. The van der Waals surface area contributed by atoms with Gasteiger partial charge < -0.3 is 20.3 Å². The number of rotatable bonds is 6. The Morgan fingerprint density at radius 2 is 1.91 bits per heavy atom. The van der Waals surface area contributed by atoms with E-state index in [1.54, 1.807) is 21.1 Å². The third-order valence-corrected chi connectivity index (χ3v) is 6.53. The van der Waals surface area contributed by atoms with Gasteiger partial charge in [-0.25, -0.2) is 0 Å². The summed E-state index contributed by atoms with van der Waals surface area (Å²) in [6.45, 7) is 2.25. The van der Waals surface area contributed by atoms with E-state index in [1.807, 2.05) is 24.3 Å². The van der Waals surface area contributed by atoms with Gasteiger partial charge in [0.1, 0.15) is 17.0 Å². The molecule has 1 saturated carbocycles. The van der Waals surface area contributed by atoms with Crippen molar-refractivity contribution in [2.24, 2.45) is 0 Å². The van der Waals surface area contributed by atoms with Gasteiger partial charge in [-0.2, -0.15) is 5.10 Å². The molecule has 9 heteroatoms. The van der Waals surface area contributed by atoms with E-state index in [4.69, 9.17) is 4.74 Å². The molecule has 0 bridgehead atoms. The third kappa shape index (κ3) is 4.06. The van der Waals surface area contributed by atoms with Crippen LogP contribution in [0, 0.1) is 0 Å². The lowest BCUT2D eigenvalue weighted by atomic mass is 9.95. The zero-order valence-corrected chi connectivity index (χ0v) is 18.7. The van der Waals surface area contributed by atoms with Crippen LogP contribution in [0.4, 0.5) is 0 Å². The van der Waals surface area contributed by atoms with E-state index in [0.717, 1.165) is 37.0 Å². The van der Waals surface area contributed by atoms with Crippen molar-refractivity contribution in [1.82, 2.24) is 25.3 Å². The lowest BCUT2D eigenvalue weighted by Crippen LogP contribution is -2.63. The van der Waals surface area contributed by atoms with E-state index in [-0.39, 0.29) is 36.0 Å². The number of fused-ring (bicyclic) bond motifs is 1. The van der Waals surface area contributed by atoms with Gasteiger partial charge in [0.2, 0.25) is 5.91 Å². The van der Waals surface area contributed by atoms with Gasteiger partial charge in [-0.05, 0) is 37.5 Å². The highest BCUT2D eigenvalue weighted by Crippen LogP contribution is 2.27. The van der Waals surface area contributed by atoms with Crippen molar-refractivity contribution in [3.05, 3.63) is 47.3 Å². The molecule has 1 aromatic carbocycles. The van der Waals surface area contributed by atoms with Crippen molar-refractivity contribution in [3.8, 4) is 5.75 Å². The second-order valence-electron chi connectivity index (χ2n) is 8.70. The highest BCUT2D eigenvalue weighted by molar-refractivity contribution is 6.01. The van der Waals surface area contributed by atoms with E-state index in [1.165, 1.54) is 15.6 Å². The molecule has 1 aliphatic heterocycles. The molecule has 0 radical (unpaired) electrons. The van der Waals surface area contributed by atoms with Crippen molar-refractivity contribution in [1.29, 1.82) is 0 Å². The Labute approximate surface area is 187 Å². The fraction of sp³-hybridized carbons (Fsp3) is 0.478. The fourth-order valence-corrected chi connectivity index (χ4v) is 4.27. The largest absolute Gasteiger partial charge is 0.497 e. The number of carbonyl (C=O) groups is 3. The van der Waals surface area contributed by atoms with Crippen molar-refractivity contribution >= 4 is 17.7 Å². The lowest BCUT2D eigenvalue weighted by molar-refractivity contribution is -0.133. The van der Waals surface area contributed by atoms with Gasteiger partial charge in [0.25, 0.3) is 11.8 Å². The Morgan fingerprint density at radius 3 is 2.56 bits per heavy atom. The molecule has 9 nitrogen and oxygen atoms in total. The third-order valence-electron chi connectivity index (χ3n) is 6.53. The van der Waals surface area contributed by atoms with Crippen molar-refractivity contribution in [3.63, 3.8) is 0 Å². The van der Waals surface area contributed by atoms with Crippen LogP contribution in [0.1, 0.15) is 59.1 Å². The molecule has 2 heterocycles. The first-order chi connectivity index (χ1) is 15.3. The minimum atomic E-state index is -1.07. The normalized spacial score (nSPS) is 20.7.